The highest BCUT2D eigenvalue weighted by Gasteiger charge is 2.18. The quantitative estimate of drug-likeness (QED) is 0.428. The van der Waals surface area contributed by atoms with Crippen LogP contribution in [0.4, 0.5) is 11.4 Å². The number of nitrogens with one attached hydrogen (secondary N) is 1. The molecule has 8 nitrogen and oxygen atoms in total. The zero-order valence-corrected chi connectivity index (χ0v) is 12.2. The highest BCUT2D eigenvalue weighted by atomic mass is 32.2. The average molecular weight is 302 g/mol. The lowest BCUT2D eigenvalue weighted by atomic mass is 10.3. The molecule has 0 unspecified atom stereocenters. The van der Waals surface area contributed by atoms with Crippen molar-refractivity contribution in [1.29, 1.82) is 0 Å². The van der Waals surface area contributed by atoms with Gasteiger partial charge >= 0.3 is 0 Å². The summed E-state index contributed by atoms with van der Waals surface area (Å²) in [5.41, 5.74) is 4.99. The Hall–Kier alpha value is -1.71. The largest absolute Gasteiger partial charge is 0.393 e. The topological polar surface area (TPSA) is 119 Å². The lowest BCUT2D eigenvalue weighted by molar-refractivity contribution is -0.383. The summed E-state index contributed by atoms with van der Waals surface area (Å²) in [6.45, 7) is 3.60. The maximum absolute atomic E-state index is 12.0. The minimum Gasteiger partial charge on any atom is -0.393 e. The molecule has 3 N–H and O–H groups in total. The highest BCUT2D eigenvalue weighted by Crippen LogP contribution is 2.24. The first kappa shape index (κ1) is 16.3. The van der Waals surface area contributed by atoms with Gasteiger partial charge in [0.2, 0.25) is 10.0 Å². The fraction of sp³-hybridized carbons (Fsp3) is 0.455. The van der Waals surface area contributed by atoms with Gasteiger partial charge in [0.15, 0.2) is 0 Å². The number of anilines is 1. The Morgan fingerprint density at radius 2 is 2.10 bits per heavy atom. The lowest BCUT2D eigenvalue weighted by Gasteiger charge is -2.14. The summed E-state index contributed by atoms with van der Waals surface area (Å²) in [6.07, 6.45) is 0. The molecule has 0 radical (unpaired) electrons. The van der Waals surface area contributed by atoms with E-state index in [4.69, 9.17) is 5.73 Å². The first-order valence-corrected chi connectivity index (χ1v) is 7.48. The molecule has 0 aliphatic rings. The first-order chi connectivity index (χ1) is 9.27. The van der Waals surface area contributed by atoms with Crippen LogP contribution >= 0.6 is 0 Å². The minimum absolute atomic E-state index is 0.0836. The number of nitrogen functional groups attached to an aromatic ring is 1. The number of hydrogen-bond acceptors (Lipinski definition) is 6. The van der Waals surface area contributed by atoms with Crippen LogP contribution in [0.5, 0.6) is 0 Å². The van der Waals surface area contributed by atoms with Crippen LogP contribution < -0.4 is 10.5 Å². The number of sulfonamides is 1. The smallest absolute Gasteiger partial charge is 0.292 e. The van der Waals surface area contributed by atoms with Gasteiger partial charge in [-0.05, 0) is 25.7 Å². The molecule has 0 aliphatic heterocycles. The second-order valence-electron chi connectivity index (χ2n) is 4.27. The Bertz CT molecular complexity index is 588. The van der Waals surface area contributed by atoms with E-state index < -0.39 is 14.9 Å². The van der Waals surface area contributed by atoms with Crippen LogP contribution in [0.25, 0.3) is 0 Å². The third-order valence-corrected chi connectivity index (χ3v) is 4.29. The molecule has 112 valence electrons. The molecule has 0 saturated carbocycles. The molecule has 1 aromatic carbocycles. The van der Waals surface area contributed by atoms with E-state index >= 15 is 0 Å². The molecule has 0 atom stereocenters. The molecule has 0 amide bonds. The predicted molar refractivity (Wildman–Crippen MR) is 75.9 cm³/mol. The third kappa shape index (κ3) is 4.15. The Morgan fingerprint density at radius 3 is 2.60 bits per heavy atom. The summed E-state index contributed by atoms with van der Waals surface area (Å²) in [5.74, 6) is 0. The van der Waals surface area contributed by atoms with Crippen LogP contribution in [-0.4, -0.2) is 44.9 Å². The fourth-order valence-corrected chi connectivity index (χ4v) is 2.53. The molecule has 0 heterocycles. The van der Waals surface area contributed by atoms with Gasteiger partial charge in [0.05, 0.1) is 9.82 Å². The van der Waals surface area contributed by atoms with Crippen molar-refractivity contribution < 1.29 is 13.3 Å². The zero-order chi connectivity index (χ0) is 15.3. The van der Waals surface area contributed by atoms with Gasteiger partial charge in [0.1, 0.15) is 5.69 Å². The van der Waals surface area contributed by atoms with Crippen molar-refractivity contribution in [2.24, 2.45) is 0 Å². The molecule has 0 aliphatic carbocycles. The van der Waals surface area contributed by atoms with Crippen molar-refractivity contribution in [3.05, 3.63) is 28.3 Å². The standard InChI is InChI=1S/C11H18N4O4S/c1-3-14(2)7-6-13-20(18,19)9-4-5-11(15(16)17)10(12)8-9/h4-5,8,13H,3,6-7,12H2,1-2H3. The van der Waals surface area contributed by atoms with Crippen molar-refractivity contribution in [2.45, 2.75) is 11.8 Å². The maximum Gasteiger partial charge on any atom is 0.292 e. The summed E-state index contributed by atoms with van der Waals surface area (Å²) in [6, 6.07) is 3.34. The van der Waals surface area contributed by atoms with Gasteiger partial charge < -0.3 is 10.6 Å². The van der Waals surface area contributed by atoms with Gasteiger partial charge in [-0.1, -0.05) is 6.92 Å². The Morgan fingerprint density at radius 1 is 1.45 bits per heavy atom. The van der Waals surface area contributed by atoms with E-state index in [1.165, 1.54) is 6.07 Å². The molecule has 1 rings (SSSR count). The van der Waals surface area contributed by atoms with Crippen molar-refractivity contribution in [3.63, 3.8) is 0 Å². The van der Waals surface area contributed by atoms with Crippen molar-refractivity contribution in [1.82, 2.24) is 9.62 Å². The van der Waals surface area contributed by atoms with Gasteiger partial charge in [-0.25, -0.2) is 13.1 Å². The van der Waals surface area contributed by atoms with Gasteiger partial charge in [0.25, 0.3) is 5.69 Å². The van der Waals surface area contributed by atoms with E-state index in [1.54, 1.807) is 0 Å². The van der Waals surface area contributed by atoms with Gasteiger partial charge in [-0.15, -0.1) is 0 Å². The normalized spacial score (nSPS) is 11.8. The third-order valence-electron chi connectivity index (χ3n) is 2.83. The summed E-state index contributed by atoms with van der Waals surface area (Å²) in [5, 5.41) is 10.6. The number of nitrogens with zero attached hydrogens (tertiary/aromatic N) is 2. The summed E-state index contributed by atoms with van der Waals surface area (Å²) < 4.78 is 26.4. The summed E-state index contributed by atoms with van der Waals surface area (Å²) in [4.78, 5) is 11.8. The number of nitro groups is 1. The zero-order valence-electron chi connectivity index (χ0n) is 11.4. The molecule has 20 heavy (non-hydrogen) atoms. The maximum atomic E-state index is 12.0. The van der Waals surface area contributed by atoms with Crippen molar-refractivity contribution in [2.75, 3.05) is 32.4 Å². The molecular weight excluding hydrogens is 284 g/mol. The van der Waals surface area contributed by atoms with Crippen LogP contribution in [0.15, 0.2) is 23.1 Å². The van der Waals surface area contributed by atoms with Crippen LogP contribution in [0.3, 0.4) is 0 Å². The number of rotatable bonds is 7. The lowest BCUT2D eigenvalue weighted by Crippen LogP contribution is -2.32. The molecule has 0 spiro atoms. The fourth-order valence-electron chi connectivity index (χ4n) is 1.48. The first-order valence-electron chi connectivity index (χ1n) is 6.00. The minimum atomic E-state index is -3.71. The number of hydrogen-bond donors (Lipinski definition) is 2. The Balaban J connectivity index is 2.83. The van der Waals surface area contributed by atoms with E-state index in [1.807, 2.05) is 18.9 Å². The SMILES string of the molecule is CCN(C)CCNS(=O)(=O)c1ccc([N+](=O)[O-])c(N)c1. The second-order valence-corrected chi connectivity index (χ2v) is 6.04. The van der Waals surface area contributed by atoms with Crippen molar-refractivity contribution in [3.8, 4) is 0 Å². The van der Waals surface area contributed by atoms with E-state index in [2.05, 4.69) is 4.72 Å². The van der Waals surface area contributed by atoms with E-state index in [0.717, 1.165) is 18.7 Å². The second kappa shape index (κ2) is 6.64. The van der Waals surface area contributed by atoms with Crippen LogP contribution in [0.1, 0.15) is 6.92 Å². The van der Waals surface area contributed by atoms with E-state index in [9.17, 15) is 18.5 Å². The summed E-state index contributed by atoms with van der Waals surface area (Å²) >= 11 is 0. The molecule has 0 bridgehead atoms. The molecular formula is C11H18N4O4S. The number of benzene rings is 1. The van der Waals surface area contributed by atoms with Crippen molar-refractivity contribution >= 4 is 21.4 Å². The molecule has 0 aromatic heterocycles. The predicted octanol–water partition coefficient (Wildman–Crippen LogP) is 0.407. The number of nitrogens with two attached hydrogens (primary N) is 1. The van der Waals surface area contributed by atoms with E-state index in [-0.39, 0.29) is 22.8 Å². The Kier molecular flexibility index (Phi) is 5.43. The van der Waals surface area contributed by atoms with Gasteiger partial charge in [-0.3, -0.25) is 10.1 Å². The number of nitro benzene ring substituents is 1. The van der Waals surface area contributed by atoms with Crippen LogP contribution in [0.2, 0.25) is 0 Å². The van der Waals surface area contributed by atoms with Gasteiger partial charge in [0, 0.05) is 19.2 Å². The molecule has 9 heteroatoms. The van der Waals surface area contributed by atoms with Crippen LogP contribution in [-0.2, 0) is 10.0 Å². The molecule has 1 aromatic rings. The highest BCUT2D eigenvalue weighted by molar-refractivity contribution is 7.89. The Labute approximate surface area is 117 Å². The monoisotopic (exact) mass is 302 g/mol. The molecule has 0 saturated heterocycles. The molecule has 0 fully saturated rings. The summed E-state index contributed by atoms with van der Waals surface area (Å²) in [7, 11) is -1.84. The number of likely N-dealkylation sites (N-methyl/N-ethyl adjacent to an activating group) is 1. The van der Waals surface area contributed by atoms with E-state index in [0.29, 0.717) is 6.54 Å². The average Bonchev–Trinajstić information content (AvgIpc) is 2.37. The van der Waals surface area contributed by atoms with Gasteiger partial charge in [-0.2, -0.15) is 0 Å². The van der Waals surface area contributed by atoms with Crippen LogP contribution in [0, 0.1) is 10.1 Å².